The Bertz CT molecular complexity index is 508. The first kappa shape index (κ1) is 12.8. The lowest BCUT2D eigenvalue weighted by atomic mass is 10.2. The number of hydrogen-bond acceptors (Lipinski definition) is 4. The maximum absolute atomic E-state index is 5.14. The van der Waals surface area contributed by atoms with E-state index in [2.05, 4.69) is 28.6 Å². The monoisotopic (exact) mass is 248 g/mol. The fourth-order valence-electron chi connectivity index (χ4n) is 1.98. The Hall–Kier alpha value is -1.62. The number of rotatable bonds is 5. The SMILES string of the molecule is CCc1cc(CNCc2c(C)noc2C)n(C)n1. The first-order valence-corrected chi connectivity index (χ1v) is 6.26. The van der Waals surface area contributed by atoms with Gasteiger partial charge in [-0.15, -0.1) is 0 Å². The van der Waals surface area contributed by atoms with Gasteiger partial charge in [-0.3, -0.25) is 4.68 Å². The lowest BCUT2D eigenvalue weighted by Gasteiger charge is -2.04. The molecule has 0 aliphatic rings. The second-order valence-corrected chi connectivity index (χ2v) is 4.51. The van der Waals surface area contributed by atoms with E-state index in [1.54, 1.807) is 0 Å². The molecule has 1 N–H and O–H groups in total. The highest BCUT2D eigenvalue weighted by Crippen LogP contribution is 2.12. The molecular formula is C13H20N4O. The maximum Gasteiger partial charge on any atom is 0.138 e. The molecular weight excluding hydrogens is 228 g/mol. The Morgan fingerprint density at radius 1 is 1.33 bits per heavy atom. The van der Waals surface area contributed by atoms with Crippen LogP contribution in [0.4, 0.5) is 0 Å². The Balaban J connectivity index is 1.94. The third kappa shape index (κ3) is 2.61. The van der Waals surface area contributed by atoms with Gasteiger partial charge in [-0.05, 0) is 26.3 Å². The molecule has 0 unspecified atom stereocenters. The Kier molecular flexibility index (Phi) is 3.81. The van der Waals surface area contributed by atoms with E-state index >= 15 is 0 Å². The summed E-state index contributed by atoms with van der Waals surface area (Å²) in [6, 6.07) is 2.14. The number of aryl methyl sites for hydroxylation is 4. The van der Waals surface area contributed by atoms with Crippen LogP contribution in [0, 0.1) is 13.8 Å². The summed E-state index contributed by atoms with van der Waals surface area (Å²) in [5, 5.41) is 11.8. The van der Waals surface area contributed by atoms with Crippen molar-refractivity contribution in [2.24, 2.45) is 7.05 Å². The summed E-state index contributed by atoms with van der Waals surface area (Å²) in [4.78, 5) is 0. The van der Waals surface area contributed by atoms with Crippen molar-refractivity contribution in [3.63, 3.8) is 0 Å². The highest BCUT2D eigenvalue weighted by atomic mass is 16.5. The van der Waals surface area contributed by atoms with Crippen molar-refractivity contribution in [3.8, 4) is 0 Å². The zero-order valence-corrected chi connectivity index (χ0v) is 11.4. The summed E-state index contributed by atoms with van der Waals surface area (Å²) in [6.45, 7) is 7.59. The fourth-order valence-corrected chi connectivity index (χ4v) is 1.98. The molecule has 0 fully saturated rings. The van der Waals surface area contributed by atoms with Crippen molar-refractivity contribution in [2.75, 3.05) is 0 Å². The van der Waals surface area contributed by atoms with E-state index in [4.69, 9.17) is 4.52 Å². The smallest absolute Gasteiger partial charge is 0.138 e. The van der Waals surface area contributed by atoms with Gasteiger partial charge in [0.25, 0.3) is 0 Å². The minimum atomic E-state index is 0.772. The summed E-state index contributed by atoms with van der Waals surface area (Å²) in [5.41, 5.74) is 4.43. The molecule has 0 saturated carbocycles. The third-order valence-electron chi connectivity index (χ3n) is 3.18. The second-order valence-electron chi connectivity index (χ2n) is 4.51. The van der Waals surface area contributed by atoms with Crippen molar-refractivity contribution in [1.82, 2.24) is 20.3 Å². The van der Waals surface area contributed by atoms with E-state index in [0.29, 0.717) is 0 Å². The van der Waals surface area contributed by atoms with Crippen LogP contribution in [0.3, 0.4) is 0 Å². The molecule has 5 heteroatoms. The van der Waals surface area contributed by atoms with Crippen LogP contribution in [-0.2, 0) is 26.6 Å². The van der Waals surface area contributed by atoms with Crippen molar-refractivity contribution in [2.45, 2.75) is 40.3 Å². The van der Waals surface area contributed by atoms with Crippen LogP contribution >= 0.6 is 0 Å². The van der Waals surface area contributed by atoms with E-state index in [1.807, 2.05) is 25.6 Å². The quantitative estimate of drug-likeness (QED) is 0.877. The van der Waals surface area contributed by atoms with Gasteiger partial charge in [0, 0.05) is 25.7 Å². The van der Waals surface area contributed by atoms with Gasteiger partial charge in [0.05, 0.1) is 17.1 Å². The van der Waals surface area contributed by atoms with Gasteiger partial charge < -0.3 is 9.84 Å². The molecule has 0 spiro atoms. The van der Waals surface area contributed by atoms with Crippen molar-refractivity contribution in [3.05, 3.63) is 34.5 Å². The zero-order valence-electron chi connectivity index (χ0n) is 11.4. The normalized spacial score (nSPS) is 11.1. The molecule has 0 aliphatic carbocycles. The molecule has 98 valence electrons. The minimum absolute atomic E-state index is 0.772. The van der Waals surface area contributed by atoms with Crippen LogP contribution in [0.15, 0.2) is 10.6 Å². The lowest BCUT2D eigenvalue weighted by molar-refractivity contribution is 0.391. The van der Waals surface area contributed by atoms with E-state index < -0.39 is 0 Å². The predicted molar refractivity (Wildman–Crippen MR) is 69.1 cm³/mol. The highest BCUT2D eigenvalue weighted by molar-refractivity contribution is 5.20. The Labute approximate surface area is 107 Å². The van der Waals surface area contributed by atoms with Crippen molar-refractivity contribution in [1.29, 1.82) is 0 Å². The molecule has 2 rings (SSSR count). The summed E-state index contributed by atoms with van der Waals surface area (Å²) in [5.74, 6) is 0.888. The van der Waals surface area contributed by atoms with Gasteiger partial charge in [0.15, 0.2) is 0 Å². The topological polar surface area (TPSA) is 55.9 Å². The van der Waals surface area contributed by atoms with Gasteiger partial charge in [-0.25, -0.2) is 0 Å². The number of aromatic nitrogens is 3. The molecule has 18 heavy (non-hydrogen) atoms. The van der Waals surface area contributed by atoms with Crippen LogP contribution in [0.25, 0.3) is 0 Å². The molecule has 0 bridgehead atoms. The molecule has 0 aromatic carbocycles. The standard InChI is InChI=1S/C13H20N4O/c1-5-11-6-12(17(4)15-11)7-14-8-13-9(2)16-18-10(13)3/h6,14H,5,7-8H2,1-4H3. The van der Waals surface area contributed by atoms with Gasteiger partial charge in [-0.2, -0.15) is 5.10 Å². The minimum Gasteiger partial charge on any atom is -0.361 e. The Morgan fingerprint density at radius 3 is 2.67 bits per heavy atom. The summed E-state index contributed by atoms with van der Waals surface area (Å²) >= 11 is 0. The molecule has 0 aliphatic heterocycles. The lowest BCUT2D eigenvalue weighted by Crippen LogP contribution is -2.16. The third-order valence-corrected chi connectivity index (χ3v) is 3.18. The molecule has 5 nitrogen and oxygen atoms in total. The number of hydrogen-bond donors (Lipinski definition) is 1. The van der Waals surface area contributed by atoms with Crippen LogP contribution in [0.2, 0.25) is 0 Å². The van der Waals surface area contributed by atoms with E-state index in [9.17, 15) is 0 Å². The Morgan fingerprint density at radius 2 is 2.11 bits per heavy atom. The fraction of sp³-hybridized carbons (Fsp3) is 0.538. The summed E-state index contributed by atoms with van der Waals surface area (Å²) in [7, 11) is 1.98. The largest absolute Gasteiger partial charge is 0.361 e. The van der Waals surface area contributed by atoms with Gasteiger partial charge >= 0.3 is 0 Å². The highest BCUT2D eigenvalue weighted by Gasteiger charge is 2.09. The second kappa shape index (κ2) is 5.35. The molecule has 2 aromatic heterocycles. The van der Waals surface area contributed by atoms with Gasteiger partial charge in [0.2, 0.25) is 0 Å². The molecule has 2 heterocycles. The molecule has 0 radical (unpaired) electrons. The molecule has 0 amide bonds. The maximum atomic E-state index is 5.14. The average molecular weight is 248 g/mol. The first-order valence-electron chi connectivity index (χ1n) is 6.26. The van der Waals surface area contributed by atoms with Crippen LogP contribution in [-0.4, -0.2) is 14.9 Å². The van der Waals surface area contributed by atoms with Crippen LogP contribution < -0.4 is 5.32 Å². The number of nitrogens with one attached hydrogen (secondary N) is 1. The van der Waals surface area contributed by atoms with Crippen LogP contribution in [0.1, 0.15) is 35.3 Å². The molecule has 2 aromatic rings. The van der Waals surface area contributed by atoms with Crippen LogP contribution in [0.5, 0.6) is 0 Å². The number of nitrogens with zero attached hydrogens (tertiary/aromatic N) is 3. The van der Waals surface area contributed by atoms with Gasteiger partial charge in [-0.1, -0.05) is 12.1 Å². The van der Waals surface area contributed by atoms with Gasteiger partial charge in [0.1, 0.15) is 5.76 Å². The van der Waals surface area contributed by atoms with Crippen molar-refractivity contribution >= 4 is 0 Å². The molecule has 0 atom stereocenters. The summed E-state index contributed by atoms with van der Waals surface area (Å²) in [6.07, 6.45) is 0.970. The summed E-state index contributed by atoms with van der Waals surface area (Å²) < 4.78 is 7.07. The van der Waals surface area contributed by atoms with E-state index in [1.165, 1.54) is 5.69 Å². The van der Waals surface area contributed by atoms with E-state index in [0.717, 1.165) is 42.2 Å². The zero-order chi connectivity index (χ0) is 13.1. The van der Waals surface area contributed by atoms with E-state index in [-0.39, 0.29) is 0 Å². The average Bonchev–Trinajstić information content (AvgIpc) is 2.86. The first-order chi connectivity index (χ1) is 8.61. The molecule has 0 saturated heterocycles. The van der Waals surface area contributed by atoms with Crippen molar-refractivity contribution < 1.29 is 4.52 Å². The predicted octanol–water partition coefficient (Wildman–Crippen LogP) is 1.88.